The third-order valence-electron chi connectivity index (χ3n) is 7.16. The SMILES string of the molecule is C=C(C)C(=O)N(CCCOc1ccc(C[C@H](Nc2ccccc2C(=O)c2ccccc2)C(=O)OC)cc1)c1cccc(OC)c1. The summed E-state index contributed by atoms with van der Waals surface area (Å²) in [6.45, 7) is 6.33. The molecule has 4 rings (SSSR count). The van der Waals surface area contributed by atoms with Gasteiger partial charge in [0.25, 0.3) is 5.91 Å². The zero-order chi connectivity index (χ0) is 32.2. The summed E-state index contributed by atoms with van der Waals surface area (Å²) in [6, 6.07) is 30.2. The van der Waals surface area contributed by atoms with Gasteiger partial charge in [0.2, 0.25) is 0 Å². The molecule has 45 heavy (non-hydrogen) atoms. The van der Waals surface area contributed by atoms with Crippen molar-refractivity contribution in [3.63, 3.8) is 0 Å². The first-order chi connectivity index (χ1) is 21.8. The molecule has 0 bridgehead atoms. The van der Waals surface area contributed by atoms with E-state index in [0.717, 1.165) is 11.3 Å². The molecule has 0 aliphatic carbocycles. The number of amides is 1. The second kappa shape index (κ2) is 15.9. The minimum atomic E-state index is -0.722. The quantitative estimate of drug-likeness (QED) is 0.0715. The fraction of sp³-hybridized carbons (Fsp3) is 0.216. The van der Waals surface area contributed by atoms with E-state index in [1.54, 1.807) is 49.3 Å². The van der Waals surface area contributed by atoms with Crippen molar-refractivity contribution in [2.24, 2.45) is 0 Å². The molecular formula is C37H38N2O6. The Kier molecular flexibility index (Phi) is 11.5. The van der Waals surface area contributed by atoms with Gasteiger partial charge in [0.1, 0.15) is 17.5 Å². The predicted molar refractivity (Wildman–Crippen MR) is 176 cm³/mol. The van der Waals surface area contributed by atoms with Crippen LogP contribution >= 0.6 is 0 Å². The minimum Gasteiger partial charge on any atom is -0.497 e. The molecule has 0 aliphatic rings. The number of ether oxygens (including phenoxy) is 3. The molecular weight excluding hydrogens is 568 g/mol. The van der Waals surface area contributed by atoms with Gasteiger partial charge in [0, 0.05) is 47.1 Å². The van der Waals surface area contributed by atoms with E-state index in [1.807, 2.05) is 72.8 Å². The summed E-state index contributed by atoms with van der Waals surface area (Å²) < 4.78 is 16.3. The van der Waals surface area contributed by atoms with Crippen LogP contribution in [0.25, 0.3) is 0 Å². The molecule has 0 aromatic heterocycles. The Morgan fingerprint density at radius 2 is 1.56 bits per heavy atom. The number of carbonyl (C=O) groups is 3. The number of benzene rings is 4. The van der Waals surface area contributed by atoms with Crippen molar-refractivity contribution in [1.29, 1.82) is 0 Å². The molecule has 8 nitrogen and oxygen atoms in total. The average molecular weight is 607 g/mol. The molecule has 1 N–H and O–H groups in total. The van der Waals surface area contributed by atoms with Crippen LogP contribution in [0.15, 0.2) is 115 Å². The van der Waals surface area contributed by atoms with E-state index in [9.17, 15) is 14.4 Å². The predicted octanol–water partition coefficient (Wildman–Crippen LogP) is 6.50. The molecule has 0 radical (unpaired) electrons. The molecule has 0 saturated carbocycles. The molecule has 0 unspecified atom stereocenters. The van der Waals surface area contributed by atoms with Crippen molar-refractivity contribution in [3.8, 4) is 11.5 Å². The van der Waals surface area contributed by atoms with Crippen LogP contribution in [0.4, 0.5) is 11.4 Å². The van der Waals surface area contributed by atoms with Gasteiger partial charge in [-0.2, -0.15) is 0 Å². The second-order valence-electron chi connectivity index (χ2n) is 10.4. The van der Waals surface area contributed by atoms with Crippen molar-refractivity contribution in [1.82, 2.24) is 0 Å². The normalized spacial score (nSPS) is 11.2. The van der Waals surface area contributed by atoms with Crippen LogP contribution in [-0.2, 0) is 20.7 Å². The molecule has 0 spiro atoms. The summed E-state index contributed by atoms with van der Waals surface area (Å²) in [5.74, 6) is 0.590. The topological polar surface area (TPSA) is 94.2 Å². The summed E-state index contributed by atoms with van der Waals surface area (Å²) in [5.41, 5.74) is 3.64. The number of hydrogen-bond acceptors (Lipinski definition) is 7. The molecule has 0 aliphatic heterocycles. The van der Waals surface area contributed by atoms with Gasteiger partial charge >= 0.3 is 5.97 Å². The molecule has 0 fully saturated rings. The fourth-order valence-electron chi connectivity index (χ4n) is 4.80. The van der Waals surface area contributed by atoms with Crippen LogP contribution in [0.2, 0.25) is 0 Å². The number of methoxy groups -OCH3 is 2. The maximum Gasteiger partial charge on any atom is 0.328 e. The van der Waals surface area contributed by atoms with Crippen molar-refractivity contribution in [2.45, 2.75) is 25.8 Å². The highest BCUT2D eigenvalue weighted by molar-refractivity contribution is 6.12. The smallest absolute Gasteiger partial charge is 0.328 e. The van der Waals surface area contributed by atoms with Gasteiger partial charge in [-0.3, -0.25) is 9.59 Å². The van der Waals surface area contributed by atoms with Gasteiger partial charge in [0.05, 0.1) is 20.8 Å². The number of nitrogens with zero attached hydrogens (tertiary/aromatic N) is 1. The number of para-hydroxylation sites is 1. The maximum atomic E-state index is 13.2. The minimum absolute atomic E-state index is 0.139. The van der Waals surface area contributed by atoms with E-state index in [4.69, 9.17) is 14.2 Å². The lowest BCUT2D eigenvalue weighted by Crippen LogP contribution is -2.33. The molecule has 1 amide bonds. The number of esters is 1. The monoisotopic (exact) mass is 606 g/mol. The highest BCUT2D eigenvalue weighted by Gasteiger charge is 2.23. The lowest BCUT2D eigenvalue weighted by Gasteiger charge is -2.23. The van der Waals surface area contributed by atoms with Gasteiger partial charge in [-0.05, 0) is 55.3 Å². The summed E-state index contributed by atoms with van der Waals surface area (Å²) in [5, 5.41) is 3.23. The fourth-order valence-corrected chi connectivity index (χ4v) is 4.80. The van der Waals surface area contributed by atoms with Gasteiger partial charge in [-0.15, -0.1) is 0 Å². The Labute approximate surface area is 264 Å². The first-order valence-corrected chi connectivity index (χ1v) is 14.7. The van der Waals surface area contributed by atoms with Gasteiger partial charge in [-0.1, -0.05) is 67.2 Å². The number of rotatable bonds is 15. The van der Waals surface area contributed by atoms with Crippen molar-refractivity contribution >= 4 is 29.0 Å². The van der Waals surface area contributed by atoms with Crippen LogP contribution < -0.4 is 19.7 Å². The molecule has 8 heteroatoms. The Bertz CT molecular complexity index is 1620. The molecule has 0 heterocycles. The first-order valence-electron chi connectivity index (χ1n) is 14.7. The zero-order valence-corrected chi connectivity index (χ0v) is 25.8. The summed E-state index contributed by atoms with van der Waals surface area (Å²) >= 11 is 0. The van der Waals surface area contributed by atoms with E-state index in [2.05, 4.69) is 11.9 Å². The average Bonchev–Trinajstić information content (AvgIpc) is 3.08. The first kappa shape index (κ1) is 32.5. The van der Waals surface area contributed by atoms with Crippen molar-refractivity contribution < 1.29 is 28.6 Å². The van der Waals surface area contributed by atoms with Crippen LogP contribution in [0, 0.1) is 0 Å². The Balaban J connectivity index is 1.37. The number of anilines is 2. The molecule has 4 aromatic rings. The number of nitrogens with one attached hydrogen (secondary N) is 1. The summed E-state index contributed by atoms with van der Waals surface area (Å²) in [6.07, 6.45) is 0.923. The lowest BCUT2D eigenvalue weighted by atomic mass is 10.00. The van der Waals surface area contributed by atoms with E-state index in [-0.39, 0.29) is 11.7 Å². The van der Waals surface area contributed by atoms with Gasteiger partial charge in [0.15, 0.2) is 5.78 Å². The van der Waals surface area contributed by atoms with Crippen LogP contribution in [-0.4, -0.2) is 51.1 Å². The number of ketones is 1. The molecule has 4 aromatic carbocycles. The Morgan fingerprint density at radius 3 is 2.24 bits per heavy atom. The van der Waals surface area contributed by atoms with E-state index < -0.39 is 12.0 Å². The lowest BCUT2D eigenvalue weighted by molar-refractivity contribution is -0.141. The Hall–Kier alpha value is -5.37. The highest BCUT2D eigenvalue weighted by atomic mass is 16.5. The second-order valence-corrected chi connectivity index (χ2v) is 10.4. The van der Waals surface area contributed by atoms with E-state index >= 15 is 0 Å². The van der Waals surface area contributed by atoms with Crippen LogP contribution in [0.3, 0.4) is 0 Å². The number of carbonyl (C=O) groups excluding carboxylic acids is 3. The largest absolute Gasteiger partial charge is 0.497 e. The molecule has 1 atom stereocenters. The van der Waals surface area contributed by atoms with E-state index in [1.165, 1.54) is 7.11 Å². The summed E-state index contributed by atoms with van der Waals surface area (Å²) in [4.78, 5) is 40.4. The van der Waals surface area contributed by atoms with Crippen molar-refractivity contribution in [3.05, 3.63) is 132 Å². The van der Waals surface area contributed by atoms with Crippen molar-refractivity contribution in [2.75, 3.05) is 37.6 Å². The third kappa shape index (κ3) is 8.83. The van der Waals surface area contributed by atoms with Crippen LogP contribution in [0.5, 0.6) is 11.5 Å². The Morgan fingerprint density at radius 1 is 0.844 bits per heavy atom. The number of hydrogen-bond donors (Lipinski definition) is 1. The zero-order valence-electron chi connectivity index (χ0n) is 25.8. The highest BCUT2D eigenvalue weighted by Crippen LogP contribution is 2.24. The third-order valence-corrected chi connectivity index (χ3v) is 7.16. The molecule has 0 saturated heterocycles. The standard InChI is InChI=1S/C37H38N2O6/c1-26(2)36(41)39(29-14-10-15-31(25-29)43-3)22-11-23-45-30-20-18-27(19-21-30)24-34(37(42)44-4)38-33-17-9-8-16-32(33)35(40)28-12-6-5-7-13-28/h5-10,12-21,25,34,38H,1,11,22-24H2,2-4H3/t34-/m0/s1. The van der Waals surface area contributed by atoms with Crippen LogP contribution in [0.1, 0.15) is 34.8 Å². The van der Waals surface area contributed by atoms with E-state index in [0.29, 0.717) is 59.9 Å². The molecule has 232 valence electrons. The maximum absolute atomic E-state index is 13.2. The van der Waals surface area contributed by atoms with Gasteiger partial charge < -0.3 is 24.4 Å². The van der Waals surface area contributed by atoms with Gasteiger partial charge in [-0.25, -0.2) is 4.79 Å². The summed E-state index contributed by atoms with van der Waals surface area (Å²) in [7, 11) is 2.93.